The van der Waals surface area contributed by atoms with Crippen molar-refractivity contribution in [2.45, 2.75) is 39.5 Å². The fourth-order valence-corrected chi connectivity index (χ4v) is 2.61. The lowest BCUT2D eigenvalue weighted by Crippen LogP contribution is -2.45. The molecule has 1 fully saturated rings. The Bertz CT molecular complexity index is 393. The molecule has 1 aliphatic rings. The molecule has 0 spiro atoms. The van der Waals surface area contributed by atoms with E-state index in [1.807, 2.05) is 0 Å². The van der Waals surface area contributed by atoms with Gasteiger partial charge in [-0.3, -0.25) is 14.4 Å². The third-order valence-corrected chi connectivity index (χ3v) is 3.65. The number of hydrogen-bond donors (Lipinski definition) is 2. The number of aliphatic carboxylic acids is 1. The average Bonchev–Trinajstić information content (AvgIpc) is 2.35. The van der Waals surface area contributed by atoms with Gasteiger partial charge in [0.2, 0.25) is 11.8 Å². The first-order valence-corrected chi connectivity index (χ1v) is 6.96. The zero-order chi connectivity index (χ0) is 15.3. The largest absolute Gasteiger partial charge is 0.481 e. The summed E-state index contributed by atoms with van der Waals surface area (Å²) in [5, 5.41) is 11.5. The van der Waals surface area contributed by atoms with E-state index >= 15 is 0 Å². The molecule has 0 aromatic rings. The maximum atomic E-state index is 12.3. The van der Waals surface area contributed by atoms with E-state index in [0.29, 0.717) is 13.1 Å². The summed E-state index contributed by atoms with van der Waals surface area (Å²) in [7, 11) is 1.60. The van der Waals surface area contributed by atoms with Crippen molar-refractivity contribution in [3.63, 3.8) is 0 Å². The minimum atomic E-state index is -0.898. The van der Waals surface area contributed by atoms with Crippen LogP contribution in [0.15, 0.2) is 0 Å². The molecule has 1 atom stereocenters. The molecular formula is C14H24N2O4. The van der Waals surface area contributed by atoms with Gasteiger partial charge in [0.05, 0.1) is 12.3 Å². The molecular weight excluding hydrogens is 260 g/mol. The average molecular weight is 284 g/mol. The van der Waals surface area contributed by atoms with Gasteiger partial charge in [0, 0.05) is 26.6 Å². The van der Waals surface area contributed by atoms with Crippen LogP contribution in [-0.2, 0) is 14.4 Å². The van der Waals surface area contributed by atoms with Crippen LogP contribution < -0.4 is 5.32 Å². The second-order valence-corrected chi connectivity index (χ2v) is 6.20. The van der Waals surface area contributed by atoms with Crippen LogP contribution in [0.5, 0.6) is 0 Å². The van der Waals surface area contributed by atoms with E-state index in [2.05, 4.69) is 5.32 Å². The number of likely N-dealkylation sites (tertiary alicyclic amines) is 1. The van der Waals surface area contributed by atoms with Crippen molar-refractivity contribution in [3.05, 3.63) is 0 Å². The van der Waals surface area contributed by atoms with Crippen molar-refractivity contribution in [1.29, 1.82) is 0 Å². The fourth-order valence-electron chi connectivity index (χ4n) is 2.61. The monoisotopic (exact) mass is 284 g/mol. The molecule has 0 aliphatic carbocycles. The Hall–Kier alpha value is -1.59. The van der Waals surface area contributed by atoms with Gasteiger partial charge >= 0.3 is 5.97 Å². The van der Waals surface area contributed by atoms with Crippen molar-refractivity contribution < 1.29 is 19.5 Å². The molecule has 6 nitrogen and oxygen atoms in total. The van der Waals surface area contributed by atoms with Gasteiger partial charge in [-0.1, -0.05) is 13.8 Å². The predicted molar refractivity (Wildman–Crippen MR) is 74.0 cm³/mol. The number of hydrogen-bond acceptors (Lipinski definition) is 3. The third kappa shape index (κ3) is 4.83. The number of rotatable bonds is 5. The molecule has 1 rings (SSSR count). The Kier molecular flexibility index (Phi) is 5.53. The summed E-state index contributed by atoms with van der Waals surface area (Å²) in [5.74, 6) is -1.15. The summed E-state index contributed by atoms with van der Waals surface area (Å²) in [6.45, 7) is 4.63. The quantitative estimate of drug-likeness (QED) is 0.784. The van der Waals surface area contributed by atoms with E-state index < -0.39 is 11.4 Å². The van der Waals surface area contributed by atoms with E-state index in [1.54, 1.807) is 25.8 Å². The van der Waals surface area contributed by atoms with Crippen molar-refractivity contribution >= 4 is 17.8 Å². The molecule has 1 aliphatic heterocycles. The van der Waals surface area contributed by atoms with Gasteiger partial charge in [-0.2, -0.15) is 0 Å². The van der Waals surface area contributed by atoms with E-state index in [9.17, 15) is 14.4 Å². The van der Waals surface area contributed by atoms with Crippen LogP contribution in [0.3, 0.4) is 0 Å². The molecule has 0 radical (unpaired) electrons. The molecule has 0 aromatic carbocycles. The fraction of sp³-hybridized carbons (Fsp3) is 0.786. The number of nitrogens with zero attached hydrogens (tertiary/aromatic N) is 1. The summed E-state index contributed by atoms with van der Waals surface area (Å²) in [6.07, 6.45) is 1.76. The van der Waals surface area contributed by atoms with E-state index in [-0.39, 0.29) is 30.6 Å². The number of carbonyl (C=O) groups excluding carboxylic acids is 2. The molecule has 0 aromatic heterocycles. The molecule has 0 saturated carbocycles. The number of piperidine rings is 1. The minimum Gasteiger partial charge on any atom is -0.481 e. The molecule has 1 unspecified atom stereocenters. The molecule has 0 bridgehead atoms. The first-order valence-electron chi connectivity index (χ1n) is 6.96. The standard InChI is InChI=1S/C14H24N2O4/c1-14(2,8-12(18)19)7-11(17)16-6-4-5-10(9-16)13(20)15-3/h10H,4-9H2,1-3H3,(H,15,20)(H,18,19). The predicted octanol–water partition coefficient (Wildman–Crippen LogP) is 0.862. The summed E-state index contributed by atoms with van der Waals surface area (Å²) in [5.41, 5.74) is -0.567. The van der Waals surface area contributed by atoms with E-state index in [1.165, 1.54) is 0 Å². The van der Waals surface area contributed by atoms with Gasteiger partial charge in [0.25, 0.3) is 0 Å². The van der Waals surface area contributed by atoms with E-state index in [0.717, 1.165) is 12.8 Å². The Morgan fingerprint density at radius 2 is 1.95 bits per heavy atom. The van der Waals surface area contributed by atoms with Crippen LogP contribution in [0, 0.1) is 11.3 Å². The third-order valence-electron chi connectivity index (χ3n) is 3.65. The number of nitrogens with one attached hydrogen (secondary N) is 1. The maximum Gasteiger partial charge on any atom is 0.303 e. The lowest BCUT2D eigenvalue weighted by molar-refractivity contribution is -0.141. The minimum absolute atomic E-state index is 0.0349. The molecule has 2 amide bonds. The van der Waals surface area contributed by atoms with E-state index in [4.69, 9.17) is 5.11 Å². The molecule has 2 N–H and O–H groups in total. The highest BCUT2D eigenvalue weighted by Gasteiger charge is 2.31. The number of carbonyl (C=O) groups is 3. The highest BCUT2D eigenvalue weighted by atomic mass is 16.4. The van der Waals surface area contributed by atoms with Gasteiger partial charge < -0.3 is 15.3 Å². The lowest BCUT2D eigenvalue weighted by Gasteiger charge is -2.34. The first kappa shape index (κ1) is 16.5. The van der Waals surface area contributed by atoms with Crippen LogP contribution in [0.25, 0.3) is 0 Å². The normalized spacial score (nSPS) is 19.6. The summed E-state index contributed by atoms with van der Waals surface area (Å²) < 4.78 is 0. The van der Waals surface area contributed by atoms with Crippen LogP contribution >= 0.6 is 0 Å². The van der Waals surface area contributed by atoms with Crippen LogP contribution in [0.1, 0.15) is 39.5 Å². The van der Waals surface area contributed by atoms with Gasteiger partial charge in [-0.15, -0.1) is 0 Å². The Morgan fingerprint density at radius 3 is 2.50 bits per heavy atom. The van der Waals surface area contributed by atoms with Crippen LogP contribution in [0.4, 0.5) is 0 Å². The van der Waals surface area contributed by atoms with Gasteiger partial charge in [0.1, 0.15) is 0 Å². The number of amides is 2. The summed E-state index contributed by atoms with van der Waals surface area (Å²) >= 11 is 0. The number of carboxylic acids is 1. The summed E-state index contributed by atoms with van der Waals surface area (Å²) in [6, 6.07) is 0. The Balaban J connectivity index is 2.58. The van der Waals surface area contributed by atoms with Gasteiger partial charge in [-0.05, 0) is 18.3 Å². The zero-order valence-electron chi connectivity index (χ0n) is 12.4. The van der Waals surface area contributed by atoms with Crippen LogP contribution in [0.2, 0.25) is 0 Å². The molecule has 1 saturated heterocycles. The van der Waals surface area contributed by atoms with Crippen molar-refractivity contribution in [3.8, 4) is 0 Å². The van der Waals surface area contributed by atoms with Crippen LogP contribution in [-0.4, -0.2) is 47.9 Å². The SMILES string of the molecule is CNC(=O)C1CCCN(C(=O)CC(C)(C)CC(=O)O)C1. The second-order valence-electron chi connectivity index (χ2n) is 6.20. The van der Waals surface area contributed by atoms with Gasteiger partial charge in [0.15, 0.2) is 0 Å². The Labute approximate surface area is 119 Å². The smallest absolute Gasteiger partial charge is 0.303 e. The van der Waals surface area contributed by atoms with Crippen molar-refractivity contribution in [2.75, 3.05) is 20.1 Å². The highest BCUT2D eigenvalue weighted by molar-refractivity contribution is 5.81. The molecule has 114 valence electrons. The summed E-state index contributed by atoms with van der Waals surface area (Å²) in [4.78, 5) is 36.4. The highest BCUT2D eigenvalue weighted by Crippen LogP contribution is 2.27. The topological polar surface area (TPSA) is 86.7 Å². The van der Waals surface area contributed by atoms with Crippen molar-refractivity contribution in [2.24, 2.45) is 11.3 Å². The van der Waals surface area contributed by atoms with Gasteiger partial charge in [-0.25, -0.2) is 0 Å². The first-order chi connectivity index (χ1) is 9.25. The molecule has 20 heavy (non-hydrogen) atoms. The maximum absolute atomic E-state index is 12.3. The second kappa shape index (κ2) is 6.72. The molecule has 1 heterocycles. The number of carboxylic acid groups (broad SMARTS) is 1. The molecule has 6 heteroatoms. The zero-order valence-corrected chi connectivity index (χ0v) is 12.4. The van der Waals surface area contributed by atoms with Crippen molar-refractivity contribution in [1.82, 2.24) is 10.2 Å². The Morgan fingerprint density at radius 1 is 1.30 bits per heavy atom. The lowest BCUT2D eigenvalue weighted by atomic mass is 9.84.